The monoisotopic (exact) mass is 474 g/mol. The van der Waals surface area contributed by atoms with Gasteiger partial charge in [0, 0.05) is 48.5 Å². The van der Waals surface area contributed by atoms with Gasteiger partial charge in [-0.1, -0.05) is 0 Å². The molecular weight excluding hydrogens is 444 g/mol. The highest BCUT2D eigenvalue weighted by atomic mass is 16.2. The van der Waals surface area contributed by atoms with Gasteiger partial charge < -0.3 is 15.1 Å². The Hall–Kier alpha value is -3.53. The van der Waals surface area contributed by atoms with Crippen molar-refractivity contribution in [2.45, 2.75) is 57.8 Å². The topological polar surface area (TPSA) is 110 Å². The number of anilines is 1. The second-order valence-electron chi connectivity index (χ2n) is 10.4. The van der Waals surface area contributed by atoms with Crippen LogP contribution in [0.3, 0.4) is 0 Å². The number of pyridine rings is 2. The summed E-state index contributed by atoms with van der Waals surface area (Å²) < 4.78 is 0. The summed E-state index contributed by atoms with van der Waals surface area (Å²) in [7, 11) is 0. The summed E-state index contributed by atoms with van der Waals surface area (Å²) in [5, 5.41) is 11.2. The molecule has 2 fully saturated rings. The Labute approximate surface area is 203 Å². The van der Waals surface area contributed by atoms with E-state index in [9.17, 15) is 9.59 Å². The van der Waals surface area contributed by atoms with E-state index in [1.807, 2.05) is 29.7 Å². The third kappa shape index (κ3) is 3.54. The number of hydrogen-bond acceptors (Lipinski definition) is 6. The second kappa shape index (κ2) is 8.01. The summed E-state index contributed by atoms with van der Waals surface area (Å²) >= 11 is 0. The first kappa shape index (κ1) is 22.0. The fraction of sp³-hybridized carbons (Fsp3) is 0.480. The lowest BCUT2D eigenvalue weighted by atomic mass is 10.0. The van der Waals surface area contributed by atoms with E-state index < -0.39 is 5.54 Å². The first-order chi connectivity index (χ1) is 16.8. The third-order valence-electron chi connectivity index (χ3n) is 7.84. The lowest BCUT2D eigenvalue weighted by molar-refractivity contribution is 0.0454. The molecule has 2 N–H and O–H groups in total. The molecule has 0 radical (unpaired) electrons. The Balaban J connectivity index is 1.22. The molecule has 182 valence electrons. The van der Waals surface area contributed by atoms with E-state index in [2.05, 4.69) is 37.3 Å². The van der Waals surface area contributed by atoms with Crippen LogP contribution in [0.25, 0.3) is 10.9 Å². The molecular formula is C25H30N8O2. The van der Waals surface area contributed by atoms with Crippen molar-refractivity contribution in [1.82, 2.24) is 34.9 Å². The van der Waals surface area contributed by atoms with Crippen molar-refractivity contribution in [2.75, 3.05) is 25.0 Å². The maximum absolute atomic E-state index is 13.8. The Morgan fingerprint density at radius 1 is 1.20 bits per heavy atom. The maximum atomic E-state index is 13.8. The van der Waals surface area contributed by atoms with Crippen LogP contribution < -0.4 is 5.32 Å². The van der Waals surface area contributed by atoms with Gasteiger partial charge in [0.2, 0.25) is 0 Å². The highest BCUT2D eigenvalue weighted by Crippen LogP contribution is 2.41. The zero-order valence-electron chi connectivity index (χ0n) is 20.3. The normalized spacial score (nSPS) is 23.4. The molecule has 3 aliphatic rings. The van der Waals surface area contributed by atoms with Gasteiger partial charge in [-0.05, 0) is 58.4 Å². The highest BCUT2D eigenvalue weighted by Gasteiger charge is 2.47. The number of aromatic amines is 1. The van der Waals surface area contributed by atoms with Crippen molar-refractivity contribution < 1.29 is 9.59 Å². The van der Waals surface area contributed by atoms with Crippen LogP contribution in [0, 0.1) is 0 Å². The fourth-order valence-electron chi connectivity index (χ4n) is 5.80. The molecule has 3 aliphatic heterocycles. The van der Waals surface area contributed by atoms with E-state index in [0.29, 0.717) is 29.6 Å². The number of carbonyl (C=O) groups is 2. The molecule has 2 saturated heterocycles. The zero-order chi connectivity index (χ0) is 24.3. The van der Waals surface area contributed by atoms with Crippen molar-refractivity contribution >= 4 is 28.7 Å². The molecule has 10 heteroatoms. The predicted octanol–water partition coefficient (Wildman–Crippen LogP) is 2.94. The third-order valence-corrected chi connectivity index (χ3v) is 7.84. The molecule has 6 heterocycles. The lowest BCUT2D eigenvalue weighted by Gasteiger charge is -2.45. The van der Waals surface area contributed by atoms with Crippen molar-refractivity contribution in [3.8, 4) is 0 Å². The zero-order valence-corrected chi connectivity index (χ0v) is 20.3. The average molecular weight is 475 g/mol. The summed E-state index contributed by atoms with van der Waals surface area (Å²) in [5.74, 6) is 0.102. The Bertz CT molecular complexity index is 1320. The summed E-state index contributed by atoms with van der Waals surface area (Å²) in [5.41, 5.74) is 2.13. The number of piperazine rings is 1. The summed E-state index contributed by atoms with van der Waals surface area (Å²) in [6.45, 7) is 9.40. The van der Waals surface area contributed by atoms with Crippen LogP contribution >= 0.6 is 0 Å². The molecule has 3 amide bonds. The lowest BCUT2D eigenvalue weighted by Crippen LogP contribution is -2.60. The van der Waals surface area contributed by atoms with E-state index in [4.69, 9.17) is 0 Å². The molecule has 3 aromatic rings. The number of H-pyrrole nitrogens is 1. The van der Waals surface area contributed by atoms with Gasteiger partial charge in [0.1, 0.15) is 5.69 Å². The van der Waals surface area contributed by atoms with Crippen molar-refractivity contribution in [2.24, 2.45) is 0 Å². The second-order valence-corrected chi connectivity index (χ2v) is 10.4. The molecule has 2 atom stereocenters. The molecule has 10 nitrogen and oxygen atoms in total. The number of urea groups is 1. The number of aromatic nitrogens is 4. The Morgan fingerprint density at radius 2 is 2.06 bits per heavy atom. The summed E-state index contributed by atoms with van der Waals surface area (Å²) in [4.78, 5) is 41.7. The maximum Gasteiger partial charge on any atom is 0.321 e. The van der Waals surface area contributed by atoms with Crippen molar-refractivity contribution in [3.05, 3.63) is 47.5 Å². The van der Waals surface area contributed by atoms with E-state index >= 15 is 0 Å². The average Bonchev–Trinajstić information content (AvgIpc) is 3.53. The minimum Gasteiger partial charge on any atom is -0.319 e. The van der Waals surface area contributed by atoms with Crippen LogP contribution in [-0.4, -0.2) is 78.5 Å². The molecule has 35 heavy (non-hydrogen) atoms. The van der Waals surface area contributed by atoms with E-state index in [-0.39, 0.29) is 18.0 Å². The van der Waals surface area contributed by atoms with Crippen LogP contribution in [0.4, 0.5) is 10.6 Å². The molecule has 0 spiro atoms. The predicted molar refractivity (Wildman–Crippen MR) is 131 cm³/mol. The molecule has 0 saturated carbocycles. The van der Waals surface area contributed by atoms with Gasteiger partial charge in [-0.15, -0.1) is 0 Å². The number of nitrogens with one attached hydrogen (secondary N) is 2. The first-order valence-electron chi connectivity index (χ1n) is 12.2. The minimum atomic E-state index is -0.566. The number of rotatable bonds is 2. The van der Waals surface area contributed by atoms with Gasteiger partial charge in [0.25, 0.3) is 5.91 Å². The van der Waals surface area contributed by atoms with Gasteiger partial charge in [-0.3, -0.25) is 19.8 Å². The van der Waals surface area contributed by atoms with Crippen LogP contribution in [-0.2, 0) is 12.1 Å². The van der Waals surface area contributed by atoms with E-state index in [0.717, 1.165) is 42.7 Å². The van der Waals surface area contributed by atoms with Gasteiger partial charge in [-0.25, -0.2) is 9.78 Å². The number of nitrogens with zero attached hydrogens (tertiary/aromatic N) is 6. The van der Waals surface area contributed by atoms with Crippen LogP contribution in [0.5, 0.6) is 0 Å². The highest BCUT2D eigenvalue weighted by molar-refractivity contribution is 6.04. The SMILES string of the molecule is CC1CN2CCC[C@H]2CN1C(=O)N1Cc2c(NC(=O)c3ccc4cnccc4n3)n[nH]c2C1(C)C. The minimum absolute atomic E-state index is 0.0423. The summed E-state index contributed by atoms with van der Waals surface area (Å²) in [6.07, 6.45) is 5.72. The number of hydrogen-bond donors (Lipinski definition) is 2. The van der Waals surface area contributed by atoms with Gasteiger partial charge in [-0.2, -0.15) is 5.10 Å². The standard InChI is InChI=1S/C25H30N8O2/c1-15-12-31-10-4-5-17(31)13-32(15)24(35)33-14-18-21(25(33,2)3)29-30-22(18)28-23(34)20-7-6-16-11-26-9-8-19(16)27-20/h6-9,11,15,17H,4-5,10,12-14H2,1-3H3,(H2,28,29,30,34)/t15?,17-/m0/s1. The number of carbonyl (C=O) groups excluding carboxylic acids is 2. The Kier molecular flexibility index (Phi) is 5.03. The van der Waals surface area contributed by atoms with Crippen LogP contribution in [0.2, 0.25) is 0 Å². The Morgan fingerprint density at radius 3 is 2.91 bits per heavy atom. The molecule has 0 bridgehead atoms. The largest absolute Gasteiger partial charge is 0.321 e. The molecule has 1 unspecified atom stereocenters. The van der Waals surface area contributed by atoms with Gasteiger partial charge in [0.05, 0.1) is 23.3 Å². The quantitative estimate of drug-likeness (QED) is 0.591. The number of fused-ring (bicyclic) bond motifs is 3. The molecule has 0 aromatic carbocycles. The van der Waals surface area contributed by atoms with Gasteiger partial charge >= 0.3 is 6.03 Å². The van der Waals surface area contributed by atoms with Crippen LogP contribution in [0.15, 0.2) is 30.6 Å². The van der Waals surface area contributed by atoms with Gasteiger partial charge in [0.15, 0.2) is 5.82 Å². The smallest absolute Gasteiger partial charge is 0.319 e. The van der Waals surface area contributed by atoms with E-state index in [1.54, 1.807) is 24.5 Å². The van der Waals surface area contributed by atoms with Crippen LogP contribution in [0.1, 0.15) is 55.4 Å². The summed E-state index contributed by atoms with van der Waals surface area (Å²) in [6, 6.07) is 5.94. The first-order valence-corrected chi connectivity index (χ1v) is 12.2. The molecule has 0 aliphatic carbocycles. The fourth-order valence-corrected chi connectivity index (χ4v) is 5.80. The van der Waals surface area contributed by atoms with E-state index in [1.165, 1.54) is 6.42 Å². The van der Waals surface area contributed by atoms with Crippen molar-refractivity contribution in [1.29, 1.82) is 0 Å². The van der Waals surface area contributed by atoms with Crippen molar-refractivity contribution in [3.63, 3.8) is 0 Å². The molecule has 6 rings (SSSR count). The molecule has 3 aromatic heterocycles. The number of amides is 3.